The zero-order valence-corrected chi connectivity index (χ0v) is 15.6. The van der Waals surface area contributed by atoms with Gasteiger partial charge >= 0.3 is 0 Å². The summed E-state index contributed by atoms with van der Waals surface area (Å²) in [6, 6.07) is 8.82. The number of aryl methyl sites for hydroxylation is 1. The lowest BCUT2D eigenvalue weighted by Crippen LogP contribution is -2.50. The Morgan fingerprint density at radius 2 is 1.81 bits per heavy atom. The van der Waals surface area contributed by atoms with Crippen LogP contribution in [0.1, 0.15) is 19.4 Å². The van der Waals surface area contributed by atoms with E-state index in [1.54, 1.807) is 32.9 Å². The van der Waals surface area contributed by atoms with Crippen LogP contribution in [0.15, 0.2) is 36.4 Å². The van der Waals surface area contributed by atoms with Crippen molar-refractivity contribution in [1.82, 2.24) is 0 Å². The second-order valence-corrected chi connectivity index (χ2v) is 8.49. The standard InChI is InChI=1S/C18H19FN2O4S/c1-11-5-6-12(19)9-15(11)21-14-8-7-13(20-26(4,23)24)10-16(14)25-18(2,3)17(21)22/h5-10,20H,1-4H3. The molecule has 1 aliphatic heterocycles. The van der Waals surface area contributed by atoms with E-state index < -0.39 is 21.4 Å². The molecule has 0 atom stereocenters. The van der Waals surface area contributed by atoms with Crippen molar-refractivity contribution in [1.29, 1.82) is 0 Å². The van der Waals surface area contributed by atoms with Gasteiger partial charge in [0, 0.05) is 6.07 Å². The minimum atomic E-state index is -3.46. The lowest BCUT2D eigenvalue weighted by molar-refractivity contribution is -0.131. The molecule has 0 aromatic heterocycles. The Balaban J connectivity index is 2.18. The number of rotatable bonds is 3. The molecule has 2 aromatic carbocycles. The Kier molecular flexibility index (Phi) is 4.18. The van der Waals surface area contributed by atoms with Crippen LogP contribution >= 0.6 is 0 Å². The largest absolute Gasteiger partial charge is 0.476 e. The number of carbonyl (C=O) groups is 1. The first-order valence-corrected chi connectivity index (χ1v) is 9.79. The Hall–Kier alpha value is -2.61. The fourth-order valence-corrected chi connectivity index (χ4v) is 3.37. The molecule has 2 aromatic rings. The topological polar surface area (TPSA) is 75.7 Å². The summed E-state index contributed by atoms with van der Waals surface area (Å²) < 4.78 is 44.9. The van der Waals surface area contributed by atoms with E-state index in [0.717, 1.165) is 11.8 Å². The zero-order chi connectivity index (χ0) is 19.3. The summed E-state index contributed by atoms with van der Waals surface area (Å²) in [5.41, 5.74) is 0.669. The van der Waals surface area contributed by atoms with Crippen LogP contribution in [0.3, 0.4) is 0 Å². The highest BCUT2D eigenvalue weighted by Gasteiger charge is 2.42. The van der Waals surface area contributed by atoms with Crippen LogP contribution in [0.2, 0.25) is 0 Å². The van der Waals surface area contributed by atoms with Gasteiger partial charge in [0.25, 0.3) is 5.91 Å². The number of carbonyl (C=O) groups excluding carboxylic acids is 1. The predicted molar refractivity (Wildman–Crippen MR) is 97.9 cm³/mol. The van der Waals surface area contributed by atoms with E-state index in [-0.39, 0.29) is 5.91 Å². The van der Waals surface area contributed by atoms with Gasteiger partial charge in [-0.3, -0.25) is 14.4 Å². The van der Waals surface area contributed by atoms with E-state index in [1.807, 2.05) is 0 Å². The van der Waals surface area contributed by atoms with Crippen LogP contribution in [0.5, 0.6) is 5.75 Å². The Labute approximate surface area is 151 Å². The van der Waals surface area contributed by atoms with Gasteiger partial charge in [0.1, 0.15) is 11.6 Å². The van der Waals surface area contributed by atoms with Gasteiger partial charge < -0.3 is 4.74 Å². The summed E-state index contributed by atoms with van der Waals surface area (Å²) in [5, 5.41) is 0. The first kappa shape index (κ1) is 18.2. The summed E-state index contributed by atoms with van der Waals surface area (Å²) in [5.74, 6) is -0.478. The van der Waals surface area contributed by atoms with Crippen LogP contribution < -0.4 is 14.4 Å². The van der Waals surface area contributed by atoms with Crippen LogP contribution in [-0.4, -0.2) is 26.2 Å². The van der Waals surface area contributed by atoms with Gasteiger partial charge in [0.2, 0.25) is 10.0 Å². The van der Waals surface area contributed by atoms with Gasteiger partial charge in [0.15, 0.2) is 5.60 Å². The third-order valence-corrected chi connectivity index (χ3v) is 4.61. The van der Waals surface area contributed by atoms with E-state index in [4.69, 9.17) is 4.74 Å². The van der Waals surface area contributed by atoms with E-state index in [0.29, 0.717) is 22.8 Å². The zero-order valence-electron chi connectivity index (χ0n) is 14.8. The molecule has 0 spiro atoms. The second-order valence-electron chi connectivity index (χ2n) is 6.74. The number of halogens is 1. The number of benzene rings is 2. The van der Waals surface area contributed by atoms with Gasteiger partial charge in [-0.25, -0.2) is 12.8 Å². The Bertz CT molecular complexity index is 1000. The lowest BCUT2D eigenvalue weighted by Gasteiger charge is -2.39. The van der Waals surface area contributed by atoms with Crippen LogP contribution in [-0.2, 0) is 14.8 Å². The number of ether oxygens (including phenoxy) is 1. The highest BCUT2D eigenvalue weighted by Crippen LogP contribution is 2.44. The molecule has 1 heterocycles. The van der Waals surface area contributed by atoms with Crippen molar-refractivity contribution in [2.45, 2.75) is 26.4 Å². The molecule has 8 heteroatoms. The summed E-state index contributed by atoms with van der Waals surface area (Å²) in [7, 11) is -3.46. The molecular weight excluding hydrogens is 359 g/mol. The van der Waals surface area contributed by atoms with Crippen molar-refractivity contribution in [3.05, 3.63) is 47.8 Å². The molecule has 0 bridgehead atoms. The summed E-state index contributed by atoms with van der Waals surface area (Å²) >= 11 is 0. The van der Waals surface area contributed by atoms with E-state index in [9.17, 15) is 17.6 Å². The monoisotopic (exact) mass is 378 g/mol. The van der Waals surface area contributed by atoms with Crippen molar-refractivity contribution in [2.24, 2.45) is 0 Å². The van der Waals surface area contributed by atoms with Crippen molar-refractivity contribution in [3.63, 3.8) is 0 Å². The fourth-order valence-electron chi connectivity index (χ4n) is 2.82. The van der Waals surface area contributed by atoms with Crippen molar-refractivity contribution in [3.8, 4) is 5.75 Å². The molecule has 1 N–H and O–H groups in total. The molecule has 1 amide bonds. The molecular formula is C18H19FN2O4S. The first-order valence-electron chi connectivity index (χ1n) is 7.89. The SMILES string of the molecule is Cc1ccc(F)cc1N1C(=O)C(C)(C)Oc2cc(NS(C)(=O)=O)ccc21. The van der Waals surface area contributed by atoms with Crippen molar-refractivity contribution in [2.75, 3.05) is 15.9 Å². The number of anilines is 3. The van der Waals surface area contributed by atoms with Gasteiger partial charge in [0.05, 0.1) is 23.3 Å². The molecule has 138 valence electrons. The number of hydrogen-bond donors (Lipinski definition) is 1. The summed E-state index contributed by atoms with van der Waals surface area (Å²) in [4.78, 5) is 14.4. The summed E-state index contributed by atoms with van der Waals surface area (Å²) in [6.45, 7) is 5.00. The van der Waals surface area contributed by atoms with Crippen molar-refractivity contribution >= 4 is 33.0 Å². The second kappa shape index (κ2) is 5.98. The highest BCUT2D eigenvalue weighted by molar-refractivity contribution is 7.92. The Morgan fingerprint density at radius 1 is 1.12 bits per heavy atom. The number of amides is 1. The van der Waals surface area contributed by atoms with Gasteiger partial charge in [-0.1, -0.05) is 6.07 Å². The maximum absolute atomic E-state index is 13.8. The van der Waals surface area contributed by atoms with Crippen LogP contribution in [0.4, 0.5) is 21.5 Å². The smallest absolute Gasteiger partial charge is 0.275 e. The molecule has 0 saturated carbocycles. The van der Waals surface area contributed by atoms with E-state index in [2.05, 4.69) is 4.72 Å². The molecule has 0 aliphatic carbocycles. The van der Waals surface area contributed by atoms with Gasteiger partial charge in [-0.05, 0) is 50.6 Å². The van der Waals surface area contributed by atoms with Gasteiger partial charge in [-0.15, -0.1) is 0 Å². The molecule has 3 rings (SSSR count). The molecule has 0 radical (unpaired) electrons. The van der Waals surface area contributed by atoms with Crippen LogP contribution in [0.25, 0.3) is 0 Å². The quantitative estimate of drug-likeness (QED) is 0.889. The maximum Gasteiger partial charge on any atom is 0.275 e. The van der Waals surface area contributed by atoms with Crippen LogP contribution in [0, 0.1) is 12.7 Å². The molecule has 0 saturated heterocycles. The number of hydrogen-bond acceptors (Lipinski definition) is 4. The highest BCUT2D eigenvalue weighted by atomic mass is 32.2. The molecule has 6 nitrogen and oxygen atoms in total. The average Bonchev–Trinajstić information content (AvgIpc) is 2.50. The van der Waals surface area contributed by atoms with Gasteiger partial charge in [-0.2, -0.15) is 0 Å². The molecule has 0 fully saturated rings. The third-order valence-electron chi connectivity index (χ3n) is 4.00. The first-order chi connectivity index (χ1) is 12.0. The summed E-state index contributed by atoms with van der Waals surface area (Å²) in [6.07, 6.45) is 1.04. The number of nitrogens with one attached hydrogen (secondary N) is 1. The molecule has 1 aliphatic rings. The van der Waals surface area contributed by atoms with E-state index in [1.165, 1.54) is 29.2 Å². The lowest BCUT2D eigenvalue weighted by atomic mass is 10.0. The minimum Gasteiger partial charge on any atom is -0.476 e. The maximum atomic E-state index is 13.8. The van der Waals surface area contributed by atoms with Crippen molar-refractivity contribution < 1.29 is 22.3 Å². The molecule has 0 unspecified atom stereocenters. The number of fused-ring (bicyclic) bond motifs is 1. The average molecular weight is 378 g/mol. The minimum absolute atomic E-state index is 0.312. The third kappa shape index (κ3) is 3.37. The molecule has 26 heavy (non-hydrogen) atoms. The number of sulfonamides is 1. The normalized spacial score (nSPS) is 16.0. The van der Waals surface area contributed by atoms with E-state index >= 15 is 0 Å². The number of nitrogens with zero attached hydrogens (tertiary/aromatic N) is 1. The fraction of sp³-hybridized carbons (Fsp3) is 0.278. The Morgan fingerprint density at radius 3 is 2.46 bits per heavy atom. The predicted octanol–water partition coefficient (Wildman–Crippen LogP) is 3.34.